The van der Waals surface area contributed by atoms with Crippen molar-refractivity contribution in [3.63, 3.8) is 0 Å². The Hall–Kier alpha value is -0.810. The highest BCUT2D eigenvalue weighted by molar-refractivity contribution is 5.80. The number of nitrogens with one attached hydrogen (secondary N) is 1. The van der Waals surface area contributed by atoms with Gasteiger partial charge < -0.3 is 15.1 Å². The maximum atomic E-state index is 5.32. The SMILES string of the molecule is CCNC(=NCC1(N2CCCCC2)CCN(C)CC1)N1CCC2(CCCC2)C1. The lowest BCUT2D eigenvalue weighted by Crippen LogP contribution is -2.58. The average Bonchev–Trinajstić information content (AvgIpc) is 3.37. The average molecular weight is 390 g/mol. The quantitative estimate of drug-likeness (QED) is 0.592. The Balaban J connectivity index is 1.48. The minimum atomic E-state index is 0.290. The van der Waals surface area contributed by atoms with Crippen LogP contribution in [0, 0.1) is 5.41 Å². The minimum absolute atomic E-state index is 0.290. The number of guanidine groups is 1. The Morgan fingerprint density at radius 2 is 1.57 bits per heavy atom. The Morgan fingerprint density at radius 3 is 2.25 bits per heavy atom. The van der Waals surface area contributed by atoms with Gasteiger partial charge in [0.15, 0.2) is 5.96 Å². The zero-order valence-electron chi connectivity index (χ0n) is 18.5. The molecule has 4 rings (SSSR count). The molecule has 1 saturated carbocycles. The van der Waals surface area contributed by atoms with Crippen LogP contribution in [-0.4, -0.2) is 85.6 Å². The lowest BCUT2D eigenvalue weighted by Gasteiger charge is -2.49. The molecule has 0 radical (unpaired) electrons. The summed E-state index contributed by atoms with van der Waals surface area (Å²) in [5, 5.41) is 3.65. The van der Waals surface area contributed by atoms with Crippen LogP contribution in [0.2, 0.25) is 0 Å². The Kier molecular flexibility index (Phi) is 6.51. The second kappa shape index (κ2) is 8.91. The molecule has 4 aliphatic rings. The summed E-state index contributed by atoms with van der Waals surface area (Å²) in [7, 11) is 2.28. The Labute approximate surface area is 172 Å². The van der Waals surface area contributed by atoms with Gasteiger partial charge in [-0.3, -0.25) is 9.89 Å². The van der Waals surface area contributed by atoms with Gasteiger partial charge in [-0.1, -0.05) is 19.3 Å². The molecule has 0 unspecified atom stereocenters. The number of rotatable bonds is 4. The molecule has 0 aromatic rings. The number of hydrogen-bond donors (Lipinski definition) is 1. The lowest BCUT2D eigenvalue weighted by atomic mass is 9.84. The highest BCUT2D eigenvalue weighted by Gasteiger charge is 2.42. The van der Waals surface area contributed by atoms with E-state index in [0.29, 0.717) is 11.0 Å². The summed E-state index contributed by atoms with van der Waals surface area (Å²) >= 11 is 0. The van der Waals surface area contributed by atoms with Crippen molar-refractivity contribution in [1.29, 1.82) is 0 Å². The normalized spacial score (nSPS) is 28.9. The van der Waals surface area contributed by atoms with E-state index in [-0.39, 0.29) is 0 Å². The molecule has 0 aromatic carbocycles. The largest absolute Gasteiger partial charge is 0.357 e. The van der Waals surface area contributed by atoms with E-state index in [1.165, 1.54) is 109 Å². The van der Waals surface area contributed by atoms with Crippen LogP contribution in [0.15, 0.2) is 4.99 Å². The smallest absolute Gasteiger partial charge is 0.193 e. The first-order valence-corrected chi connectivity index (χ1v) is 12.1. The van der Waals surface area contributed by atoms with Crippen LogP contribution >= 0.6 is 0 Å². The molecule has 0 bridgehead atoms. The maximum absolute atomic E-state index is 5.32. The summed E-state index contributed by atoms with van der Waals surface area (Å²) in [5.74, 6) is 1.20. The highest BCUT2D eigenvalue weighted by atomic mass is 15.3. The van der Waals surface area contributed by atoms with E-state index in [1.807, 2.05) is 0 Å². The number of aliphatic imine (C=N–C) groups is 1. The third kappa shape index (κ3) is 4.35. The molecule has 1 N–H and O–H groups in total. The fraction of sp³-hybridized carbons (Fsp3) is 0.957. The summed E-state index contributed by atoms with van der Waals surface area (Å²) in [4.78, 5) is 13.2. The topological polar surface area (TPSA) is 34.1 Å². The van der Waals surface area contributed by atoms with Crippen molar-refractivity contribution >= 4 is 5.96 Å². The van der Waals surface area contributed by atoms with E-state index in [1.54, 1.807) is 0 Å². The molecule has 3 heterocycles. The summed E-state index contributed by atoms with van der Waals surface area (Å²) in [6, 6.07) is 0. The molecule has 5 heteroatoms. The fourth-order valence-corrected chi connectivity index (χ4v) is 6.27. The minimum Gasteiger partial charge on any atom is -0.357 e. The van der Waals surface area contributed by atoms with Crippen molar-refractivity contribution in [3.05, 3.63) is 0 Å². The van der Waals surface area contributed by atoms with Gasteiger partial charge >= 0.3 is 0 Å². The molecule has 0 aromatic heterocycles. The van der Waals surface area contributed by atoms with Crippen LogP contribution in [0.1, 0.15) is 71.1 Å². The van der Waals surface area contributed by atoms with Crippen LogP contribution in [0.25, 0.3) is 0 Å². The zero-order valence-corrected chi connectivity index (χ0v) is 18.5. The molecule has 1 aliphatic carbocycles. The fourth-order valence-electron chi connectivity index (χ4n) is 6.27. The number of likely N-dealkylation sites (tertiary alicyclic amines) is 3. The van der Waals surface area contributed by atoms with E-state index in [2.05, 4.69) is 34.0 Å². The van der Waals surface area contributed by atoms with E-state index >= 15 is 0 Å². The van der Waals surface area contributed by atoms with Gasteiger partial charge in [-0.2, -0.15) is 0 Å². The van der Waals surface area contributed by atoms with Gasteiger partial charge in [-0.15, -0.1) is 0 Å². The van der Waals surface area contributed by atoms with Gasteiger partial charge in [-0.05, 0) is 90.5 Å². The van der Waals surface area contributed by atoms with Gasteiger partial charge in [0, 0.05) is 25.2 Å². The van der Waals surface area contributed by atoms with Crippen molar-refractivity contribution in [1.82, 2.24) is 20.0 Å². The van der Waals surface area contributed by atoms with Crippen LogP contribution in [0.4, 0.5) is 0 Å². The van der Waals surface area contributed by atoms with E-state index in [0.717, 1.165) is 13.1 Å². The highest BCUT2D eigenvalue weighted by Crippen LogP contribution is 2.45. The Morgan fingerprint density at radius 1 is 0.857 bits per heavy atom. The predicted octanol–water partition coefficient (Wildman–Crippen LogP) is 3.17. The third-order valence-corrected chi connectivity index (χ3v) is 8.20. The Bertz CT molecular complexity index is 525. The van der Waals surface area contributed by atoms with Gasteiger partial charge in [0.25, 0.3) is 0 Å². The van der Waals surface area contributed by atoms with Gasteiger partial charge in [0.2, 0.25) is 0 Å². The van der Waals surface area contributed by atoms with Crippen molar-refractivity contribution in [3.8, 4) is 0 Å². The molecular weight excluding hydrogens is 346 g/mol. The van der Waals surface area contributed by atoms with Crippen LogP contribution in [-0.2, 0) is 0 Å². The van der Waals surface area contributed by atoms with E-state index in [4.69, 9.17) is 4.99 Å². The number of piperidine rings is 2. The molecule has 0 atom stereocenters. The molecular formula is C23H43N5. The molecule has 5 nitrogen and oxygen atoms in total. The first kappa shape index (κ1) is 20.5. The summed E-state index contributed by atoms with van der Waals surface area (Å²) in [5.41, 5.74) is 0.896. The van der Waals surface area contributed by atoms with E-state index in [9.17, 15) is 0 Å². The molecule has 3 saturated heterocycles. The van der Waals surface area contributed by atoms with Crippen LogP contribution in [0.3, 0.4) is 0 Å². The molecule has 0 amide bonds. The molecule has 160 valence electrons. The molecule has 28 heavy (non-hydrogen) atoms. The molecule has 3 aliphatic heterocycles. The van der Waals surface area contributed by atoms with Gasteiger partial charge in [0.1, 0.15) is 0 Å². The predicted molar refractivity (Wildman–Crippen MR) is 118 cm³/mol. The molecule has 4 fully saturated rings. The third-order valence-electron chi connectivity index (χ3n) is 8.20. The van der Waals surface area contributed by atoms with Crippen molar-refractivity contribution in [2.45, 2.75) is 76.7 Å². The molecule has 1 spiro atoms. The maximum Gasteiger partial charge on any atom is 0.193 e. The van der Waals surface area contributed by atoms with E-state index < -0.39 is 0 Å². The first-order valence-electron chi connectivity index (χ1n) is 12.1. The van der Waals surface area contributed by atoms with Gasteiger partial charge in [0.05, 0.1) is 6.54 Å². The number of hydrogen-bond acceptors (Lipinski definition) is 3. The van der Waals surface area contributed by atoms with Gasteiger partial charge in [-0.25, -0.2) is 0 Å². The van der Waals surface area contributed by atoms with Crippen LogP contribution in [0.5, 0.6) is 0 Å². The first-order chi connectivity index (χ1) is 13.6. The van der Waals surface area contributed by atoms with Crippen LogP contribution < -0.4 is 5.32 Å². The standard InChI is InChI=1S/C23H43N5/c1-3-24-21(27-18-11-22(20-27)9-5-6-10-22)25-19-23(12-16-26(2)17-13-23)28-14-7-4-8-15-28/h3-20H2,1-2H3,(H,24,25). The summed E-state index contributed by atoms with van der Waals surface area (Å²) in [6.45, 7) is 11.6. The zero-order chi connectivity index (χ0) is 19.5. The summed E-state index contributed by atoms with van der Waals surface area (Å²) < 4.78 is 0. The van der Waals surface area contributed by atoms with Crippen molar-refractivity contribution in [2.75, 3.05) is 59.4 Å². The summed E-state index contributed by atoms with van der Waals surface area (Å²) in [6.07, 6.45) is 13.8. The second-order valence-corrected chi connectivity index (χ2v) is 10.1. The van der Waals surface area contributed by atoms with Crippen molar-refractivity contribution < 1.29 is 0 Å². The van der Waals surface area contributed by atoms with Crippen molar-refractivity contribution in [2.24, 2.45) is 10.4 Å². The number of nitrogens with zero attached hydrogens (tertiary/aromatic N) is 4. The monoisotopic (exact) mass is 389 g/mol. The lowest BCUT2D eigenvalue weighted by molar-refractivity contribution is 0.0206. The second-order valence-electron chi connectivity index (χ2n) is 10.1.